The molecule has 0 amide bonds. The predicted molar refractivity (Wildman–Crippen MR) is 66.9 cm³/mol. The van der Waals surface area contributed by atoms with Gasteiger partial charge in [0.25, 0.3) is 0 Å². The molecule has 0 saturated carbocycles. The van der Waals surface area contributed by atoms with E-state index in [1.54, 1.807) is 0 Å². The lowest BCUT2D eigenvalue weighted by molar-refractivity contribution is 0.0270. The molecule has 0 radical (unpaired) electrons. The van der Waals surface area contributed by atoms with Crippen molar-refractivity contribution in [2.75, 3.05) is 26.3 Å². The maximum absolute atomic E-state index is 9.25. The summed E-state index contributed by atoms with van der Waals surface area (Å²) in [5, 5.41) is 9.99. The van der Waals surface area contributed by atoms with Crippen molar-refractivity contribution in [3.05, 3.63) is 34.9 Å². The Kier molecular flexibility index (Phi) is 4.38. The van der Waals surface area contributed by atoms with E-state index in [4.69, 9.17) is 16.3 Å². The van der Waals surface area contributed by atoms with E-state index >= 15 is 0 Å². The van der Waals surface area contributed by atoms with Gasteiger partial charge in [0.1, 0.15) is 6.04 Å². The fourth-order valence-corrected chi connectivity index (χ4v) is 2.23. The van der Waals surface area contributed by atoms with E-state index in [9.17, 15) is 5.26 Å². The minimum Gasteiger partial charge on any atom is -0.379 e. The quantitative estimate of drug-likeness (QED) is 0.824. The SMILES string of the molecule is N#CC(Cc1ccccc1Cl)N1CCOCC1. The summed E-state index contributed by atoms with van der Waals surface area (Å²) < 4.78 is 5.29. The summed E-state index contributed by atoms with van der Waals surface area (Å²) in [6.45, 7) is 3.06. The van der Waals surface area contributed by atoms with Crippen molar-refractivity contribution in [1.82, 2.24) is 4.90 Å². The minimum atomic E-state index is -0.112. The smallest absolute Gasteiger partial charge is 0.102 e. The molecule has 1 aromatic carbocycles. The van der Waals surface area contributed by atoms with Crippen molar-refractivity contribution in [3.63, 3.8) is 0 Å². The molecule has 1 atom stereocenters. The third-order valence-electron chi connectivity index (χ3n) is 3.01. The molecule has 0 N–H and O–H groups in total. The lowest BCUT2D eigenvalue weighted by Crippen LogP contribution is -2.43. The van der Waals surface area contributed by atoms with E-state index in [0.717, 1.165) is 23.7 Å². The number of ether oxygens (including phenoxy) is 1. The molecule has 1 unspecified atom stereocenters. The first-order chi connectivity index (χ1) is 8.31. The van der Waals surface area contributed by atoms with Crippen LogP contribution in [-0.4, -0.2) is 37.2 Å². The number of morpholine rings is 1. The molecule has 1 heterocycles. The highest BCUT2D eigenvalue weighted by molar-refractivity contribution is 6.31. The summed E-state index contributed by atoms with van der Waals surface area (Å²) in [6.07, 6.45) is 0.677. The molecule has 2 rings (SSSR count). The number of hydrogen-bond acceptors (Lipinski definition) is 3. The predicted octanol–water partition coefficient (Wildman–Crippen LogP) is 2.11. The summed E-state index contributed by atoms with van der Waals surface area (Å²) in [5.74, 6) is 0. The Morgan fingerprint density at radius 1 is 1.35 bits per heavy atom. The van der Waals surface area contributed by atoms with Crippen molar-refractivity contribution in [1.29, 1.82) is 5.26 Å². The van der Waals surface area contributed by atoms with Crippen LogP contribution in [0.15, 0.2) is 24.3 Å². The van der Waals surface area contributed by atoms with Gasteiger partial charge in [-0.25, -0.2) is 0 Å². The molecule has 17 heavy (non-hydrogen) atoms. The van der Waals surface area contributed by atoms with Crippen molar-refractivity contribution in [3.8, 4) is 6.07 Å². The number of hydrogen-bond donors (Lipinski definition) is 0. The van der Waals surface area contributed by atoms with Crippen LogP contribution in [0.3, 0.4) is 0 Å². The molecule has 1 aromatic rings. The molecule has 4 heteroatoms. The zero-order valence-corrected chi connectivity index (χ0v) is 10.4. The van der Waals surface area contributed by atoms with Gasteiger partial charge in [-0.1, -0.05) is 29.8 Å². The van der Waals surface area contributed by atoms with Gasteiger partial charge in [0, 0.05) is 24.5 Å². The first-order valence-corrected chi connectivity index (χ1v) is 6.14. The second kappa shape index (κ2) is 6.02. The maximum atomic E-state index is 9.25. The van der Waals surface area contributed by atoms with Gasteiger partial charge in [0.05, 0.1) is 19.3 Å². The minimum absolute atomic E-state index is 0.112. The molecule has 90 valence electrons. The fraction of sp³-hybridized carbons (Fsp3) is 0.462. The number of nitriles is 1. The van der Waals surface area contributed by atoms with Gasteiger partial charge in [0.2, 0.25) is 0 Å². The Balaban J connectivity index is 2.05. The number of halogens is 1. The van der Waals surface area contributed by atoms with E-state index in [0.29, 0.717) is 19.6 Å². The van der Waals surface area contributed by atoms with Crippen molar-refractivity contribution < 1.29 is 4.74 Å². The van der Waals surface area contributed by atoms with Crippen molar-refractivity contribution in [2.24, 2.45) is 0 Å². The average Bonchev–Trinajstić information content (AvgIpc) is 2.39. The summed E-state index contributed by atoms with van der Waals surface area (Å²) in [4.78, 5) is 2.16. The third-order valence-corrected chi connectivity index (χ3v) is 3.38. The van der Waals surface area contributed by atoms with Crippen LogP contribution in [-0.2, 0) is 11.2 Å². The van der Waals surface area contributed by atoms with Gasteiger partial charge in [-0.3, -0.25) is 4.90 Å². The number of nitrogens with zero attached hydrogens (tertiary/aromatic N) is 2. The van der Waals surface area contributed by atoms with Crippen LogP contribution in [0.2, 0.25) is 5.02 Å². The second-order valence-electron chi connectivity index (χ2n) is 4.09. The van der Waals surface area contributed by atoms with Gasteiger partial charge in [-0.05, 0) is 11.6 Å². The zero-order chi connectivity index (χ0) is 12.1. The van der Waals surface area contributed by atoms with Crippen LogP contribution in [0, 0.1) is 11.3 Å². The summed E-state index contributed by atoms with van der Waals surface area (Å²) in [6, 6.07) is 9.95. The lowest BCUT2D eigenvalue weighted by atomic mass is 10.1. The van der Waals surface area contributed by atoms with Gasteiger partial charge >= 0.3 is 0 Å². The Bertz CT molecular complexity index is 410. The monoisotopic (exact) mass is 250 g/mol. The Morgan fingerprint density at radius 2 is 2.06 bits per heavy atom. The molecule has 0 aliphatic carbocycles. The van der Waals surface area contributed by atoms with E-state index in [1.807, 2.05) is 24.3 Å². The standard InChI is InChI=1S/C13H15ClN2O/c14-13-4-2-1-3-11(13)9-12(10-15)16-5-7-17-8-6-16/h1-4,12H,5-9H2. The van der Waals surface area contributed by atoms with Gasteiger partial charge < -0.3 is 4.74 Å². The van der Waals surface area contributed by atoms with E-state index in [2.05, 4.69) is 11.0 Å². The Labute approximate surface area is 107 Å². The molecule has 1 aliphatic heterocycles. The average molecular weight is 251 g/mol. The van der Waals surface area contributed by atoms with Crippen LogP contribution in [0.4, 0.5) is 0 Å². The van der Waals surface area contributed by atoms with Crippen LogP contribution >= 0.6 is 11.6 Å². The van der Waals surface area contributed by atoms with E-state index in [-0.39, 0.29) is 6.04 Å². The molecule has 1 fully saturated rings. The number of benzene rings is 1. The van der Waals surface area contributed by atoms with E-state index in [1.165, 1.54) is 0 Å². The van der Waals surface area contributed by atoms with E-state index < -0.39 is 0 Å². The normalized spacial score (nSPS) is 18.6. The molecule has 3 nitrogen and oxygen atoms in total. The highest BCUT2D eigenvalue weighted by atomic mass is 35.5. The van der Waals surface area contributed by atoms with Gasteiger partial charge in [-0.2, -0.15) is 5.26 Å². The maximum Gasteiger partial charge on any atom is 0.102 e. The first-order valence-electron chi connectivity index (χ1n) is 5.76. The molecule has 0 aromatic heterocycles. The lowest BCUT2D eigenvalue weighted by Gasteiger charge is -2.30. The molecule has 1 aliphatic rings. The fourth-order valence-electron chi connectivity index (χ4n) is 2.02. The van der Waals surface area contributed by atoms with Crippen molar-refractivity contribution >= 4 is 11.6 Å². The summed E-state index contributed by atoms with van der Waals surface area (Å²) in [7, 11) is 0. The molecule has 0 spiro atoms. The molecular formula is C13H15ClN2O. The highest BCUT2D eigenvalue weighted by Crippen LogP contribution is 2.18. The summed E-state index contributed by atoms with van der Waals surface area (Å²) >= 11 is 6.11. The van der Waals surface area contributed by atoms with Crippen molar-refractivity contribution in [2.45, 2.75) is 12.5 Å². The number of rotatable bonds is 3. The van der Waals surface area contributed by atoms with Crippen LogP contribution in [0.25, 0.3) is 0 Å². The zero-order valence-electron chi connectivity index (χ0n) is 9.60. The largest absolute Gasteiger partial charge is 0.379 e. The van der Waals surface area contributed by atoms with Gasteiger partial charge in [0.15, 0.2) is 0 Å². The third kappa shape index (κ3) is 3.19. The van der Waals surface area contributed by atoms with Crippen LogP contribution in [0.5, 0.6) is 0 Å². The second-order valence-corrected chi connectivity index (χ2v) is 4.50. The molecule has 1 saturated heterocycles. The Hall–Kier alpha value is -1.08. The first kappa shape index (κ1) is 12.4. The Morgan fingerprint density at radius 3 is 2.71 bits per heavy atom. The molecule has 0 bridgehead atoms. The highest BCUT2D eigenvalue weighted by Gasteiger charge is 2.21. The molecular weight excluding hydrogens is 236 g/mol. The van der Waals surface area contributed by atoms with Gasteiger partial charge in [-0.15, -0.1) is 0 Å². The van der Waals surface area contributed by atoms with Crippen LogP contribution in [0.1, 0.15) is 5.56 Å². The van der Waals surface area contributed by atoms with Crippen LogP contribution < -0.4 is 0 Å². The summed E-state index contributed by atoms with van der Waals surface area (Å²) in [5.41, 5.74) is 1.03. The topological polar surface area (TPSA) is 36.3 Å².